The van der Waals surface area contributed by atoms with Crippen molar-refractivity contribution >= 4 is 11.8 Å². The summed E-state index contributed by atoms with van der Waals surface area (Å²) in [5, 5.41) is 9.96. The van der Waals surface area contributed by atoms with Crippen LogP contribution in [0, 0.1) is 0 Å². The lowest BCUT2D eigenvalue weighted by atomic mass is 10.0. The third kappa shape index (κ3) is 3.77. The second-order valence-electron chi connectivity index (χ2n) is 7.01. The van der Waals surface area contributed by atoms with E-state index >= 15 is 0 Å². The molecule has 1 fully saturated rings. The Kier molecular flexibility index (Phi) is 5.64. The number of aromatic nitrogens is 2. The largest absolute Gasteiger partial charge is 0.372 e. The van der Waals surface area contributed by atoms with Gasteiger partial charge in [-0.1, -0.05) is 20.8 Å². The Labute approximate surface area is 143 Å². The van der Waals surface area contributed by atoms with Gasteiger partial charge in [0.15, 0.2) is 0 Å². The van der Waals surface area contributed by atoms with Crippen LogP contribution in [-0.4, -0.2) is 58.8 Å². The van der Waals surface area contributed by atoms with E-state index in [1.165, 1.54) is 7.11 Å². The number of rotatable bonds is 6. The SMILES string of the molecule is CCC(OC)C(=O)NC1(C)CCN(C(=O)c2cn[nH]c2C(C)C)C1. The molecule has 2 rings (SSSR count). The van der Waals surface area contributed by atoms with E-state index in [2.05, 4.69) is 15.5 Å². The van der Waals surface area contributed by atoms with Crippen LogP contribution in [0.4, 0.5) is 0 Å². The van der Waals surface area contributed by atoms with Crippen molar-refractivity contribution in [3.8, 4) is 0 Å². The predicted molar refractivity (Wildman–Crippen MR) is 90.8 cm³/mol. The van der Waals surface area contributed by atoms with Crippen LogP contribution in [-0.2, 0) is 9.53 Å². The van der Waals surface area contributed by atoms with E-state index in [4.69, 9.17) is 4.74 Å². The van der Waals surface area contributed by atoms with Crippen LogP contribution >= 0.6 is 0 Å². The van der Waals surface area contributed by atoms with Gasteiger partial charge in [0.05, 0.1) is 23.0 Å². The van der Waals surface area contributed by atoms with Crippen molar-refractivity contribution in [2.24, 2.45) is 0 Å². The maximum absolute atomic E-state index is 12.8. The minimum Gasteiger partial charge on any atom is -0.372 e. The number of nitrogens with zero attached hydrogens (tertiary/aromatic N) is 2. The smallest absolute Gasteiger partial charge is 0.257 e. The zero-order chi connectivity index (χ0) is 17.9. The first-order valence-corrected chi connectivity index (χ1v) is 8.48. The molecule has 24 heavy (non-hydrogen) atoms. The lowest BCUT2D eigenvalue weighted by Gasteiger charge is -2.28. The minimum atomic E-state index is -0.451. The predicted octanol–water partition coefficient (Wildman–Crippen LogP) is 1.68. The molecule has 0 aliphatic carbocycles. The first-order valence-electron chi connectivity index (χ1n) is 8.48. The zero-order valence-corrected chi connectivity index (χ0v) is 15.2. The van der Waals surface area contributed by atoms with E-state index in [9.17, 15) is 9.59 Å². The second kappa shape index (κ2) is 7.34. The van der Waals surface area contributed by atoms with E-state index in [1.807, 2.05) is 27.7 Å². The minimum absolute atomic E-state index is 0.0378. The molecule has 2 unspecified atom stereocenters. The van der Waals surface area contributed by atoms with Crippen LogP contribution in [0.15, 0.2) is 6.20 Å². The number of nitrogens with one attached hydrogen (secondary N) is 2. The first-order chi connectivity index (χ1) is 11.3. The highest BCUT2D eigenvalue weighted by Gasteiger charge is 2.39. The molecule has 0 saturated carbocycles. The summed E-state index contributed by atoms with van der Waals surface area (Å²) in [7, 11) is 1.53. The third-order valence-corrected chi connectivity index (χ3v) is 4.61. The molecule has 2 atom stereocenters. The van der Waals surface area contributed by atoms with Crippen LogP contribution in [0.3, 0.4) is 0 Å². The number of likely N-dealkylation sites (tertiary alicyclic amines) is 1. The molecule has 0 bridgehead atoms. The van der Waals surface area contributed by atoms with E-state index in [1.54, 1.807) is 11.1 Å². The fourth-order valence-corrected chi connectivity index (χ4v) is 3.15. The topological polar surface area (TPSA) is 87.3 Å². The lowest BCUT2D eigenvalue weighted by molar-refractivity contribution is -0.132. The monoisotopic (exact) mass is 336 g/mol. The summed E-state index contributed by atoms with van der Waals surface area (Å²) in [6, 6.07) is 0. The van der Waals surface area contributed by atoms with Crippen molar-refractivity contribution in [2.45, 2.75) is 58.1 Å². The summed E-state index contributed by atoms with van der Waals surface area (Å²) in [5.74, 6) is 0.0411. The normalized spacial score (nSPS) is 22.0. The highest BCUT2D eigenvalue weighted by atomic mass is 16.5. The quantitative estimate of drug-likeness (QED) is 0.827. The maximum atomic E-state index is 12.8. The summed E-state index contributed by atoms with van der Waals surface area (Å²) in [6.07, 6.45) is 2.48. The van der Waals surface area contributed by atoms with Gasteiger partial charge in [-0.15, -0.1) is 0 Å². The molecule has 1 aliphatic rings. The molecule has 2 N–H and O–H groups in total. The number of ether oxygens (including phenoxy) is 1. The lowest BCUT2D eigenvalue weighted by Crippen LogP contribution is -2.52. The van der Waals surface area contributed by atoms with Crippen LogP contribution < -0.4 is 5.32 Å². The summed E-state index contributed by atoms with van der Waals surface area (Å²) in [4.78, 5) is 26.8. The van der Waals surface area contributed by atoms with Gasteiger partial charge in [0.25, 0.3) is 5.91 Å². The van der Waals surface area contributed by atoms with Crippen molar-refractivity contribution in [3.05, 3.63) is 17.5 Å². The summed E-state index contributed by atoms with van der Waals surface area (Å²) < 4.78 is 5.19. The van der Waals surface area contributed by atoms with Crippen molar-refractivity contribution < 1.29 is 14.3 Å². The van der Waals surface area contributed by atoms with Gasteiger partial charge in [0, 0.05) is 20.2 Å². The maximum Gasteiger partial charge on any atom is 0.257 e. The summed E-state index contributed by atoms with van der Waals surface area (Å²) in [6.45, 7) is 9.03. The molecule has 1 aromatic heterocycles. The van der Waals surface area contributed by atoms with Gasteiger partial charge in [-0.05, 0) is 25.7 Å². The molecule has 0 radical (unpaired) electrons. The number of amides is 2. The molecule has 7 nitrogen and oxygen atoms in total. The number of carbonyl (C=O) groups is 2. The van der Waals surface area contributed by atoms with E-state index < -0.39 is 11.6 Å². The van der Waals surface area contributed by atoms with E-state index in [0.717, 1.165) is 12.1 Å². The Bertz CT molecular complexity index is 594. The van der Waals surface area contributed by atoms with Gasteiger partial charge in [-0.3, -0.25) is 14.7 Å². The Morgan fingerprint density at radius 3 is 2.79 bits per heavy atom. The molecule has 1 aromatic rings. The molecule has 2 heterocycles. The average Bonchev–Trinajstić information content (AvgIpc) is 3.14. The second-order valence-corrected chi connectivity index (χ2v) is 7.01. The van der Waals surface area contributed by atoms with Crippen LogP contribution in [0.2, 0.25) is 0 Å². The fourth-order valence-electron chi connectivity index (χ4n) is 3.15. The van der Waals surface area contributed by atoms with Crippen molar-refractivity contribution in [2.75, 3.05) is 20.2 Å². The van der Waals surface area contributed by atoms with Gasteiger partial charge >= 0.3 is 0 Å². The highest BCUT2D eigenvalue weighted by Crippen LogP contribution is 2.25. The number of H-pyrrole nitrogens is 1. The number of carbonyl (C=O) groups excluding carboxylic acids is 2. The van der Waals surface area contributed by atoms with E-state index in [-0.39, 0.29) is 17.7 Å². The average molecular weight is 336 g/mol. The molecule has 7 heteroatoms. The van der Waals surface area contributed by atoms with E-state index in [0.29, 0.717) is 25.1 Å². The first kappa shape index (κ1) is 18.4. The molecule has 134 valence electrons. The summed E-state index contributed by atoms with van der Waals surface area (Å²) in [5.41, 5.74) is 1.03. The Balaban J connectivity index is 2.05. The zero-order valence-electron chi connectivity index (χ0n) is 15.2. The molecule has 2 amide bonds. The number of hydrogen-bond acceptors (Lipinski definition) is 4. The fraction of sp³-hybridized carbons (Fsp3) is 0.706. The van der Waals surface area contributed by atoms with Gasteiger partial charge < -0.3 is 15.0 Å². The van der Waals surface area contributed by atoms with Crippen molar-refractivity contribution in [1.82, 2.24) is 20.4 Å². The number of hydrogen-bond donors (Lipinski definition) is 2. The summed E-state index contributed by atoms with van der Waals surface area (Å²) >= 11 is 0. The number of aromatic amines is 1. The molecular weight excluding hydrogens is 308 g/mol. The van der Waals surface area contributed by atoms with Gasteiger partial charge in [-0.25, -0.2) is 0 Å². The molecule has 1 saturated heterocycles. The third-order valence-electron chi connectivity index (χ3n) is 4.61. The molecular formula is C17H28N4O3. The van der Waals surface area contributed by atoms with Crippen LogP contribution in [0.5, 0.6) is 0 Å². The Morgan fingerprint density at radius 1 is 1.50 bits per heavy atom. The van der Waals surface area contributed by atoms with Crippen LogP contribution in [0.1, 0.15) is 62.5 Å². The number of methoxy groups -OCH3 is 1. The Morgan fingerprint density at radius 2 is 2.21 bits per heavy atom. The standard InChI is InChI=1S/C17H28N4O3/c1-6-13(24-5)15(22)19-17(4)7-8-21(10-17)16(23)12-9-18-20-14(12)11(2)3/h9,11,13H,6-8,10H2,1-5H3,(H,18,20)(H,19,22). The van der Waals surface area contributed by atoms with Crippen LogP contribution in [0.25, 0.3) is 0 Å². The molecule has 0 spiro atoms. The Hall–Kier alpha value is -1.89. The van der Waals surface area contributed by atoms with Gasteiger partial charge in [-0.2, -0.15) is 5.10 Å². The highest BCUT2D eigenvalue weighted by molar-refractivity contribution is 5.95. The molecule has 1 aliphatic heterocycles. The van der Waals surface area contributed by atoms with Crippen molar-refractivity contribution in [1.29, 1.82) is 0 Å². The van der Waals surface area contributed by atoms with Crippen molar-refractivity contribution in [3.63, 3.8) is 0 Å². The van der Waals surface area contributed by atoms with Gasteiger partial charge in [0.1, 0.15) is 6.10 Å². The molecule has 0 aromatic carbocycles. The van der Waals surface area contributed by atoms with Gasteiger partial charge in [0.2, 0.25) is 5.91 Å².